The topological polar surface area (TPSA) is 114 Å². The molecule has 0 bridgehead atoms. The van der Waals surface area contributed by atoms with Gasteiger partial charge in [0.15, 0.2) is 5.43 Å². The van der Waals surface area contributed by atoms with E-state index in [9.17, 15) is 22.9 Å². The van der Waals surface area contributed by atoms with Gasteiger partial charge in [-0.05, 0) is 29.8 Å². The van der Waals surface area contributed by atoms with E-state index < -0.39 is 20.4 Å². The van der Waals surface area contributed by atoms with Crippen molar-refractivity contribution in [2.75, 3.05) is 7.11 Å². The van der Waals surface area contributed by atoms with Crippen molar-refractivity contribution in [2.24, 2.45) is 0 Å². The monoisotopic (exact) mass is 371 g/mol. The first kappa shape index (κ1) is 19.5. The van der Waals surface area contributed by atoms with Gasteiger partial charge in [-0.15, -0.1) is 0 Å². The molecule has 0 saturated carbocycles. The maximum atomic E-state index is 12.6. The molecule has 25 heavy (non-hydrogen) atoms. The molecule has 0 atom stereocenters. The number of phenolic OH excluding ortho intramolecular Hbond substituents is 1. The second kappa shape index (κ2) is 7.19. The number of ether oxygens (including phenoxy) is 1. The molecule has 2 N–H and O–H groups in total. The summed E-state index contributed by atoms with van der Waals surface area (Å²) in [7, 11) is -3.26. The number of rotatable bonds is 3. The minimum Gasteiger partial charge on any atom is -0.508 e. The van der Waals surface area contributed by atoms with Gasteiger partial charge in [-0.1, -0.05) is 6.07 Å². The van der Waals surface area contributed by atoms with Gasteiger partial charge in [0, 0.05) is 35.6 Å². The average Bonchev–Trinajstić information content (AvgIpc) is 2.53. The van der Waals surface area contributed by atoms with E-state index in [0.717, 1.165) is 6.07 Å². The van der Waals surface area contributed by atoms with Crippen molar-refractivity contribution in [3.05, 3.63) is 52.9 Å². The van der Waals surface area contributed by atoms with E-state index in [1.807, 2.05) is 0 Å². The molecule has 9 heteroatoms. The molecule has 0 aliphatic heterocycles. The van der Waals surface area contributed by atoms with Crippen LogP contribution in [0.2, 0.25) is 0 Å². The van der Waals surface area contributed by atoms with E-state index in [-0.39, 0.29) is 63.2 Å². The van der Waals surface area contributed by atoms with E-state index in [1.54, 1.807) is 0 Å². The zero-order valence-corrected chi connectivity index (χ0v) is 16.2. The summed E-state index contributed by atoms with van der Waals surface area (Å²) < 4.78 is 42.5. The van der Waals surface area contributed by atoms with Crippen LogP contribution in [0, 0.1) is 0 Å². The van der Waals surface area contributed by atoms with Gasteiger partial charge in [0.1, 0.15) is 28.2 Å². The van der Waals surface area contributed by atoms with Crippen LogP contribution in [-0.4, -0.2) is 54.7 Å². The van der Waals surface area contributed by atoms with Gasteiger partial charge in [-0.3, -0.25) is 9.35 Å². The minimum atomic E-state index is -4.53. The van der Waals surface area contributed by atoms with Crippen LogP contribution in [0.1, 0.15) is 0 Å². The second-order valence-electron chi connectivity index (χ2n) is 5.00. The van der Waals surface area contributed by atoms with Gasteiger partial charge in [0.25, 0.3) is 10.1 Å². The molecule has 3 rings (SSSR count). The Kier molecular flexibility index (Phi) is 5.60. The van der Waals surface area contributed by atoms with Crippen LogP contribution in [0.15, 0.2) is 56.8 Å². The Bertz CT molecular complexity index is 1100. The standard InChI is InChI=1S/C16H12O7S.Na/c1-22-13-5-2-9(6-15(13)24(19,20)21)12-8-23-14-7-10(17)3-4-11(14)16(12)18;/h2-8,17H,1H3,(H,19,20,21);. The van der Waals surface area contributed by atoms with Crippen LogP contribution >= 0.6 is 0 Å². The maximum Gasteiger partial charge on any atom is 0.298 e. The Balaban J connectivity index is 0.00000225. The first-order chi connectivity index (χ1) is 11.3. The first-order valence-corrected chi connectivity index (χ1v) is 8.15. The van der Waals surface area contributed by atoms with Crippen molar-refractivity contribution in [3.8, 4) is 22.6 Å². The molecule has 1 heterocycles. The van der Waals surface area contributed by atoms with Gasteiger partial charge in [0.05, 0.1) is 18.1 Å². The molecule has 0 fully saturated rings. The first-order valence-electron chi connectivity index (χ1n) is 6.71. The number of hydrogen-bond acceptors (Lipinski definition) is 6. The zero-order valence-electron chi connectivity index (χ0n) is 13.4. The van der Waals surface area contributed by atoms with Crippen LogP contribution in [0.5, 0.6) is 11.5 Å². The molecule has 0 amide bonds. The Morgan fingerprint density at radius 2 is 1.84 bits per heavy atom. The van der Waals surface area contributed by atoms with Crippen LogP contribution in [0.3, 0.4) is 0 Å². The number of aromatic hydroxyl groups is 1. The minimum absolute atomic E-state index is 0. The second-order valence-corrected chi connectivity index (χ2v) is 6.39. The van der Waals surface area contributed by atoms with Crippen molar-refractivity contribution in [1.29, 1.82) is 0 Å². The Hall–Kier alpha value is -1.84. The molecule has 1 aromatic heterocycles. The molecular formula is C16H12NaO7S. The number of fused-ring (bicyclic) bond motifs is 1. The van der Waals surface area contributed by atoms with E-state index in [0.29, 0.717) is 0 Å². The zero-order chi connectivity index (χ0) is 17.5. The molecule has 0 unspecified atom stereocenters. The fraction of sp³-hybridized carbons (Fsp3) is 0.0625. The fourth-order valence-corrected chi connectivity index (χ4v) is 3.04. The predicted molar refractivity (Wildman–Crippen MR) is 91.7 cm³/mol. The number of methoxy groups -OCH3 is 1. The normalized spacial score (nSPS) is 11.1. The van der Waals surface area contributed by atoms with Gasteiger partial charge in [-0.25, -0.2) is 0 Å². The summed E-state index contributed by atoms with van der Waals surface area (Å²) in [6.07, 6.45) is 1.17. The van der Waals surface area contributed by atoms with E-state index >= 15 is 0 Å². The summed E-state index contributed by atoms with van der Waals surface area (Å²) in [5.74, 6) is -0.0899. The summed E-state index contributed by atoms with van der Waals surface area (Å²) in [5, 5.41) is 9.65. The van der Waals surface area contributed by atoms with Gasteiger partial charge in [-0.2, -0.15) is 8.42 Å². The van der Waals surface area contributed by atoms with Crippen molar-refractivity contribution in [1.82, 2.24) is 0 Å². The third kappa shape index (κ3) is 3.73. The number of phenols is 1. The summed E-state index contributed by atoms with van der Waals surface area (Å²) in [6.45, 7) is 0. The third-order valence-corrected chi connectivity index (χ3v) is 4.39. The Labute approximate surface area is 164 Å². The van der Waals surface area contributed by atoms with Gasteiger partial charge >= 0.3 is 0 Å². The summed E-state index contributed by atoms with van der Waals surface area (Å²) in [6, 6.07) is 8.00. The SMILES string of the molecule is COc1ccc(-c2coc3cc(O)ccc3c2=O)cc1S(=O)(=O)O.[Na]. The van der Waals surface area contributed by atoms with Crippen molar-refractivity contribution in [2.45, 2.75) is 4.90 Å². The molecule has 0 spiro atoms. The van der Waals surface area contributed by atoms with E-state index in [1.165, 1.54) is 43.7 Å². The smallest absolute Gasteiger partial charge is 0.298 e. The molecule has 7 nitrogen and oxygen atoms in total. The van der Waals surface area contributed by atoms with Gasteiger partial charge < -0.3 is 14.3 Å². The van der Waals surface area contributed by atoms with Crippen LogP contribution in [-0.2, 0) is 10.1 Å². The van der Waals surface area contributed by atoms with E-state index in [2.05, 4.69) is 0 Å². The summed E-state index contributed by atoms with van der Waals surface area (Å²) in [5.41, 5.74) is 0.155. The molecule has 0 aliphatic carbocycles. The predicted octanol–water partition coefficient (Wildman–Crippen LogP) is 2.04. The van der Waals surface area contributed by atoms with Crippen LogP contribution in [0.25, 0.3) is 22.1 Å². The molecule has 125 valence electrons. The number of hydrogen-bond donors (Lipinski definition) is 2. The summed E-state index contributed by atoms with van der Waals surface area (Å²) in [4.78, 5) is 12.1. The van der Waals surface area contributed by atoms with Crippen molar-refractivity contribution < 1.29 is 27.2 Å². The number of benzene rings is 2. The molecule has 1 radical (unpaired) electrons. The largest absolute Gasteiger partial charge is 0.508 e. The average molecular weight is 371 g/mol. The van der Waals surface area contributed by atoms with E-state index in [4.69, 9.17) is 9.15 Å². The molecule has 2 aromatic carbocycles. The van der Waals surface area contributed by atoms with Crippen LogP contribution < -0.4 is 10.2 Å². The Morgan fingerprint density at radius 3 is 2.48 bits per heavy atom. The van der Waals surface area contributed by atoms with Crippen molar-refractivity contribution >= 4 is 50.6 Å². The molecule has 0 saturated heterocycles. The third-order valence-electron chi connectivity index (χ3n) is 3.51. The Morgan fingerprint density at radius 1 is 1.12 bits per heavy atom. The van der Waals surface area contributed by atoms with Crippen LogP contribution in [0.4, 0.5) is 0 Å². The fourth-order valence-electron chi connectivity index (χ4n) is 2.36. The van der Waals surface area contributed by atoms with Crippen molar-refractivity contribution in [3.63, 3.8) is 0 Å². The molecule has 3 aromatic rings. The molecule has 0 aliphatic rings. The summed E-state index contributed by atoms with van der Waals surface area (Å²) >= 11 is 0. The molecular weight excluding hydrogens is 359 g/mol. The van der Waals surface area contributed by atoms with Gasteiger partial charge in [0.2, 0.25) is 0 Å². The maximum absolute atomic E-state index is 12.6. The quantitative estimate of drug-likeness (QED) is 0.535.